The molecule has 1 N–H and O–H groups in total. The third-order valence-corrected chi connectivity index (χ3v) is 6.79. The molecule has 0 atom stereocenters. The number of benzene rings is 3. The van der Waals surface area contributed by atoms with Crippen molar-refractivity contribution in [2.45, 2.75) is 13.3 Å². The molecule has 0 aliphatic rings. The van der Waals surface area contributed by atoms with Gasteiger partial charge in [0.25, 0.3) is 5.91 Å². The number of amides is 1. The van der Waals surface area contributed by atoms with Gasteiger partial charge in [-0.3, -0.25) is 10.1 Å². The second-order valence-electron chi connectivity index (χ2n) is 8.18. The highest BCUT2D eigenvalue weighted by atomic mass is 32.1. The molecule has 0 fully saturated rings. The predicted molar refractivity (Wildman–Crippen MR) is 145 cm³/mol. The first kappa shape index (κ1) is 23.5. The summed E-state index contributed by atoms with van der Waals surface area (Å²) in [4.78, 5) is 22.9. The van der Waals surface area contributed by atoms with E-state index in [1.54, 1.807) is 26.4 Å². The maximum Gasteiger partial charge on any atom is 0.258 e. The smallest absolute Gasteiger partial charge is 0.258 e. The summed E-state index contributed by atoms with van der Waals surface area (Å²) in [5.41, 5.74) is 5.76. The minimum atomic E-state index is -0.246. The van der Waals surface area contributed by atoms with E-state index in [0.29, 0.717) is 33.4 Å². The van der Waals surface area contributed by atoms with Crippen LogP contribution in [0.15, 0.2) is 78.2 Å². The molecule has 0 bridgehead atoms. The highest BCUT2D eigenvalue weighted by Crippen LogP contribution is 2.34. The quantitative estimate of drug-likeness (QED) is 0.267. The number of aryl methyl sites for hydroxylation is 1. The lowest BCUT2D eigenvalue weighted by atomic mass is 10.0. The van der Waals surface area contributed by atoms with Crippen molar-refractivity contribution < 1.29 is 14.3 Å². The maximum atomic E-state index is 13.5. The fourth-order valence-electron chi connectivity index (χ4n) is 4.05. The van der Waals surface area contributed by atoms with Crippen molar-refractivity contribution in [2.75, 3.05) is 19.5 Å². The van der Waals surface area contributed by atoms with Gasteiger partial charge in [-0.25, -0.2) is 9.97 Å². The van der Waals surface area contributed by atoms with Gasteiger partial charge in [0.15, 0.2) is 5.13 Å². The summed E-state index contributed by atoms with van der Waals surface area (Å²) in [6, 6.07) is 23.2. The van der Waals surface area contributed by atoms with E-state index in [1.807, 2.05) is 41.8 Å². The molecule has 1 amide bonds. The minimum Gasteiger partial charge on any atom is -0.497 e. The lowest BCUT2D eigenvalue weighted by Gasteiger charge is -2.13. The molecule has 0 radical (unpaired) electrons. The number of fused-ring (bicyclic) bond motifs is 1. The number of carbonyl (C=O) groups is 1. The largest absolute Gasteiger partial charge is 0.497 e. The fraction of sp³-hybridized carbons (Fsp3) is 0.138. The normalized spacial score (nSPS) is 10.9. The van der Waals surface area contributed by atoms with E-state index >= 15 is 0 Å². The van der Waals surface area contributed by atoms with Crippen molar-refractivity contribution in [2.24, 2.45) is 0 Å². The molecule has 6 nitrogen and oxygen atoms in total. The number of ether oxygens (including phenoxy) is 2. The zero-order valence-electron chi connectivity index (χ0n) is 20.2. The SMILES string of the molecule is CCc1ccc(-c2csc(NC(=O)c3cc(-c4ccc(OC)cc4OC)nc4ccccc34)n2)cc1. The van der Waals surface area contributed by atoms with Crippen LogP contribution < -0.4 is 14.8 Å². The van der Waals surface area contributed by atoms with Crippen LogP contribution in [-0.4, -0.2) is 30.1 Å². The zero-order valence-corrected chi connectivity index (χ0v) is 21.1. The van der Waals surface area contributed by atoms with E-state index in [-0.39, 0.29) is 5.91 Å². The molecule has 0 saturated carbocycles. The van der Waals surface area contributed by atoms with E-state index in [0.717, 1.165) is 28.6 Å². The number of pyridine rings is 1. The average Bonchev–Trinajstić information content (AvgIpc) is 3.40. The van der Waals surface area contributed by atoms with Gasteiger partial charge in [0.05, 0.1) is 36.7 Å². The second kappa shape index (κ2) is 10.2. The first-order valence-corrected chi connectivity index (χ1v) is 12.5. The number of rotatable bonds is 7. The Bertz CT molecular complexity index is 1540. The molecule has 0 saturated heterocycles. The summed E-state index contributed by atoms with van der Waals surface area (Å²) in [5, 5.41) is 6.23. The van der Waals surface area contributed by atoms with Gasteiger partial charge in [0.2, 0.25) is 0 Å². The molecule has 2 heterocycles. The first-order valence-electron chi connectivity index (χ1n) is 11.6. The Morgan fingerprint density at radius 1 is 0.917 bits per heavy atom. The summed E-state index contributed by atoms with van der Waals surface area (Å²) in [6.45, 7) is 2.13. The second-order valence-corrected chi connectivity index (χ2v) is 9.04. The molecule has 0 unspecified atom stereocenters. The summed E-state index contributed by atoms with van der Waals surface area (Å²) >= 11 is 1.40. The lowest BCUT2D eigenvalue weighted by molar-refractivity contribution is 0.102. The molecule has 3 aromatic carbocycles. The molecular weight excluding hydrogens is 470 g/mol. The third-order valence-electron chi connectivity index (χ3n) is 6.03. The van der Waals surface area contributed by atoms with Crippen LogP contribution in [-0.2, 0) is 6.42 Å². The average molecular weight is 496 g/mol. The Labute approximate surface area is 213 Å². The molecular formula is C29H25N3O3S. The Balaban J connectivity index is 1.49. The van der Waals surface area contributed by atoms with Gasteiger partial charge >= 0.3 is 0 Å². The number of carbonyl (C=O) groups excluding carboxylic acids is 1. The number of nitrogens with one attached hydrogen (secondary N) is 1. The van der Waals surface area contributed by atoms with E-state index in [9.17, 15) is 4.79 Å². The molecule has 2 aromatic heterocycles. The minimum absolute atomic E-state index is 0.246. The fourth-order valence-corrected chi connectivity index (χ4v) is 4.77. The van der Waals surface area contributed by atoms with Gasteiger partial charge in [-0.05, 0) is 36.2 Å². The van der Waals surface area contributed by atoms with Gasteiger partial charge < -0.3 is 9.47 Å². The molecule has 5 aromatic rings. The molecule has 0 aliphatic carbocycles. The number of hydrogen-bond donors (Lipinski definition) is 1. The number of aromatic nitrogens is 2. The molecule has 0 spiro atoms. The number of anilines is 1. The van der Waals surface area contributed by atoms with Gasteiger partial charge in [0, 0.05) is 28.0 Å². The number of hydrogen-bond acceptors (Lipinski definition) is 6. The Kier molecular flexibility index (Phi) is 6.64. The zero-order chi connectivity index (χ0) is 25.1. The molecule has 7 heteroatoms. The first-order chi connectivity index (χ1) is 17.6. The van der Waals surface area contributed by atoms with Crippen LogP contribution in [0.25, 0.3) is 33.4 Å². The van der Waals surface area contributed by atoms with Crippen LogP contribution in [0.5, 0.6) is 11.5 Å². The Morgan fingerprint density at radius 3 is 2.47 bits per heavy atom. The van der Waals surface area contributed by atoms with E-state index in [1.165, 1.54) is 16.9 Å². The number of para-hydroxylation sites is 1. The topological polar surface area (TPSA) is 73.3 Å². The van der Waals surface area contributed by atoms with Crippen LogP contribution >= 0.6 is 11.3 Å². The van der Waals surface area contributed by atoms with Crippen LogP contribution in [0.3, 0.4) is 0 Å². The summed E-state index contributed by atoms with van der Waals surface area (Å²) in [6.07, 6.45) is 0.989. The van der Waals surface area contributed by atoms with Gasteiger partial charge in [-0.15, -0.1) is 11.3 Å². The summed E-state index contributed by atoms with van der Waals surface area (Å²) in [7, 11) is 3.21. The van der Waals surface area contributed by atoms with Crippen molar-refractivity contribution >= 4 is 33.3 Å². The monoisotopic (exact) mass is 495 g/mol. The van der Waals surface area contributed by atoms with Gasteiger partial charge in [-0.2, -0.15) is 0 Å². The molecule has 36 heavy (non-hydrogen) atoms. The number of thiazole rings is 1. The van der Waals surface area contributed by atoms with E-state index in [4.69, 9.17) is 14.5 Å². The third kappa shape index (κ3) is 4.65. The van der Waals surface area contributed by atoms with Crippen molar-refractivity contribution in [1.29, 1.82) is 0 Å². The summed E-state index contributed by atoms with van der Waals surface area (Å²) in [5.74, 6) is 1.05. The van der Waals surface area contributed by atoms with E-state index < -0.39 is 0 Å². The van der Waals surface area contributed by atoms with Crippen molar-refractivity contribution in [1.82, 2.24) is 9.97 Å². The molecule has 5 rings (SSSR count). The van der Waals surface area contributed by atoms with Crippen molar-refractivity contribution in [3.05, 3.63) is 89.3 Å². The van der Waals surface area contributed by atoms with Crippen LogP contribution in [0.1, 0.15) is 22.8 Å². The van der Waals surface area contributed by atoms with Crippen molar-refractivity contribution in [3.8, 4) is 34.0 Å². The van der Waals surface area contributed by atoms with Crippen molar-refractivity contribution in [3.63, 3.8) is 0 Å². The number of nitrogens with zero attached hydrogens (tertiary/aromatic N) is 2. The highest BCUT2D eigenvalue weighted by molar-refractivity contribution is 7.14. The van der Waals surface area contributed by atoms with Crippen LogP contribution in [0, 0.1) is 0 Å². The van der Waals surface area contributed by atoms with Gasteiger partial charge in [-0.1, -0.05) is 49.4 Å². The standard InChI is InChI=1S/C29H25N3O3S/c1-4-18-9-11-19(12-10-18)26-17-36-29(31-26)32-28(33)23-16-25(30-24-8-6-5-7-21(23)24)22-14-13-20(34-2)15-27(22)35-3/h5-17H,4H2,1-3H3,(H,31,32,33). The van der Waals surface area contributed by atoms with Gasteiger partial charge in [0.1, 0.15) is 11.5 Å². The number of methoxy groups -OCH3 is 2. The summed E-state index contributed by atoms with van der Waals surface area (Å²) < 4.78 is 10.9. The molecule has 180 valence electrons. The Hall–Kier alpha value is -4.23. The Morgan fingerprint density at radius 2 is 1.72 bits per heavy atom. The lowest BCUT2D eigenvalue weighted by Crippen LogP contribution is -2.13. The maximum absolute atomic E-state index is 13.5. The highest BCUT2D eigenvalue weighted by Gasteiger charge is 2.18. The molecule has 0 aliphatic heterocycles. The van der Waals surface area contributed by atoms with E-state index in [2.05, 4.69) is 41.5 Å². The predicted octanol–water partition coefficient (Wildman–Crippen LogP) is 6.86. The van der Waals surface area contributed by atoms with Crippen LogP contribution in [0.2, 0.25) is 0 Å². The van der Waals surface area contributed by atoms with Crippen LogP contribution in [0.4, 0.5) is 5.13 Å².